The van der Waals surface area contributed by atoms with Crippen LogP contribution in [0.1, 0.15) is 38.4 Å². The van der Waals surface area contributed by atoms with Gasteiger partial charge in [0.2, 0.25) is 0 Å². The van der Waals surface area contributed by atoms with Gasteiger partial charge < -0.3 is 9.15 Å². The van der Waals surface area contributed by atoms with E-state index in [4.69, 9.17) is 9.15 Å². The molecule has 7 heteroatoms. The van der Waals surface area contributed by atoms with E-state index < -0.39 is 12.0 Å². The third-order valence-electron chi connectivity index (χ3n) is 3.83. The van der Waals surface area contributed by atoms with E-state index in [2.05, 4.69) is 5.10 Å². The van der Waals surface area contributed by atoms with E-state index in [1.165, 1.54) is 4.68 Å². The van der Waals surface area contributed by atoms with E-state index >= 15 is 0 Å². The van der Waals surface area contributed by atoms with Crippen LogP contribution in [0, 0.1) is 6.92 Å². The smallest absolute Gasteiger partial charge is 0.330 e. The normalized spacial score (nSPS) is 12.9. The van der Waals surface area contributed by atoms with Crippen LogP contribution in [-0.4, -0.2) is 26.8 Å². The number of hydrogen-bond acceptors (Lipinski definition) is 5. The highest BCUT2D eigenvalue weighted by Crippen LogP contribution is 2.23. The van der Waals surface area contributed by atoms with E-state index in [1.807, 2.05) is 19.9 Å². The first kappa shape index (κ1) is 15.3. The van der Waals surface area contributed by atoms with Gasteiger partial charge in [-0.05, 0) is 20.8 Å². The van der Waals surface area contributed by atoms with Crippen LogP contribution >= 0.6 is 0 Å². The average Bonchev–Trinajstić information content (AvgIpc) is 3.04. The third-order valence-corrected chi connectivity index (χ3v) is 3.83. The van der Waals surface area contributed by atoms with Crippen LogP contribution in [0.15, 0.2) is 21.3 Å². The van der Waals surface area contributed by atoms with Crippen molar-refractivity contribution in [2.75, 3.05) is 6.61 Å². The molecule has 3 aromatic heterocycles. The lowest BCUT2D eigenvalue weighted by Crippen LogP contribution is -2.33. The number of aryl methyl sites for hydroxylation is 2. The fourth-order valence-corrected chi connectivity index (χ4v) is 2.74. The second-order valence-electron chi connectivity index (χ2n) is 5.42. The molecule has 0 amide bonds. The zero-order valence-corrected chi connectivity index (χ0v) is 13.6. The highest BCUT2D eigenvalue weighted by molar-refractivity contribution is 5.83. The van der Waals surface area contributed by atoms with Crippen molar-refractivity contribution in [2.45, 2.75) is 40.2 Å². The standard InChI is InChI=1S/C16H19N3O4/c1-5-14-17-19(10(4)16(21)22-6-2)15(20)12-8-13-11(18(12)14)7-9(3)23-13/h7-8,10H,5-6H2,1-4H3/t10-/m0/s1. The average molecular weight is 317 g/mol. The van der Waals surface area contributed by atoms with Crippen molar-refractivity contribution < 1.29 is 13.9 Å². The number of hydrogen-bond donors (Lipinski definition) is 0. The topological polar surface area (TPSA) is 78.7 Å². The molecule has 0 spiro atoms. The lowest BCUT2D eigenvalue weighted by molar-refractivity contribution is -0.147. The molecular formula is C16H19N3O4. The quantitative estimate of drug-likeness (QED) is 0.690. The molecule has 0 N–H and O–H groups in total. The van der Waals surface area contributed by atoms with E-state index in [-0.39, 0.29) is 12.2 Å². The van der Waals surface area contributed by atoms with Crippen LogP contribution in [0.2, 0.25) is 0 Å². The Balaban J connectivity index is 2.28. The number of ether oxygens (including phenoxy) is 1. The van der Waals surface area contributed by atoms with Crippen molar-refractivity contribution in [2.24, 2.45) is 0 Å². The van der Waals surface area contributed by atoms with Gasteiger partial charge in [-0.1, -0.05) is 6.92 Å². The molecule has 0 bridgehead atoms. The van der Waals surface area contributed by atoms with Crippen LogP contribution in [0.5, 0.6) is 0 Å². The first-order valence-electron chi connectivity index (χ1n) is 7.67. The summed E-state index contributed by atoms with van der Waals surface area (Å²) in [6, 6.07) is 2.79. The van der Waals surface area contributed by atoms with Crippen molar-refractivity contribution in [3.05, 3.63) is 34.1 Å². The predicted molar refractivity (Wildman–Crippen MR) is 84.7 cm³/mol. The fraction of sp³-hybridized carbons (Fsp3) is 0.438. The number of nitrogens with zero attached hydrogens (tertiary/aromatic N) is 3. The van der Waals surface area contributed by atoms with Gasteiger partial charge in [-0.2, -0.15) is 5.10 Å². The number of carbonyl (C=O) groups excluding carboxylic acids is 1. The highest BCUT2D eigenvalue weighted by Gasteiger charge is 2.23. The molecule has 0 aliphatic heterocycles. The van der Waals surface area contributed by atoms with Crippen molar-refractivity contribution in [3.8, 4) is 0 Å². The molecule has 0 radical (unpaired) electrons. The summed E-state index contributed by atoms with van der Waals surface area (Å²) in [6.07, 6.45) is 0.611. The van der Waals surface area contributed by atoms with Crippen molar-refractivity contribution in [1.82, 2.24) is 14.2 Å². The summed E-state index contributed by atoms with van der Waals surface area (Å²) < 4.78 is 13.6. The fourth-order valence-electron chi connectivity index (χ4n) is 2.74. The van der Waals surface area contributed by atoms with Gasteiger partial charge in [-0.25, -0.2) is 9.48 Å². The number of esters is 1. The molecule has 3 rings (SSSR count). The second kappa shape index (κ2) is 5.57. The zero-order chi connectivity index (χ0) is 16.7. The van der Waals surface area contributed by atoms with Gasteiger partial charge >= 0.3 is 5.97 Å². The van der Waals surface area contributed by atoms with Crippen molar-refractivity contribution in [1.29, 1.82) is 0 Å². The molecule has 1 atom stereocenters. The monoisotopic (exact) mass is 317 g/mol. The van der Waals surface area contributed by atoms with Crippen LogP contribution in [0.3, 0.4) is 0 Å². The minimum Gasteiger partial charge on any atom is -0.464 e. The van der Waals surface area contributed by atoms with Crippen LogP contribution in [0.4, 0.5) is 0 Å². The molecule has 23 heavy (non-hydrogen) atoms. The Labute approximate surface area is 132 Å². The molecule has 0 aliphatic rings. The molecule has 3 aromatic rings. The largest absolute Gasteiger partial charge is 0.464 e. The van der Waals surface area contributed by atoms with Gasteiger partial charge in [0, 0.05) is 18.6 Å². The highest BCUT2D eigenvalue weighted by atomic mass is 16.5. The summed E-state index contributed by atoms with van der Waals surface area (Å²) in [5.74, 6) is 0.988. The minimum atomic E-state index is -0.777. The molecule has 0 unspecified atom stereocenters. The zero-order valence-electron chi connectivity index (χ0n) is 13.6. The summed E-state index contributed by atoms with van der Waals surface area (Å²) in [4.78, 5) is 24.7. The molecule has 0 aromatic carbocycles. The maximum atomic E-state index is 12.7. The number of carbonyl (C=O) groups is 1. The minimum absolute atomic E-state index is 0.262. The Morgan fingerprint density at radius 1 is 1.35 bits per heavy atom. The van der Waals surface area contributed by atoms with E-state index in [1.54, 1.807) is 24.3 Å². The van der Waals surface area contributed by atoms with Gasteiger partial charge in [0.25, 0.3) is 5.56 Å². The van der Waals surface area contributed by atoms with Gasteiger partial charge in [0.05, 0.1) is 12.1 Å². The lowest BCUT2D eigenvalue weighted by Gasteiger charge is -2.14. The molecule has 0 aliphatic carbocycles. The SMILES string of the molecule is CCOC(=O)[C@H](C)n1nc(CC)n2c(cc3oc(C)cc32)c1=O. The summed E-state index contributed by atoms with van der Waals surface area (Å²) in [6.45, 7) is 7.41. The molecule has 0 fully saturated rings. The first-order chi connectivity index (χ1) is 11.0. The van der Waals surface area contributed by atoms with Gasteiger partial charge in [0.1, 0.15) is 17.1 Å². The van der Waals surface area contributed by atoms with Gasteiger partial charge in [-0.15, -0.1) is 0 Å². The predicted octanol–water partition coefficient (Wildman–Crippen LogP) is 2.24. The molecular weight excluding hydrogens is 298 g/mol. The Kier molecular flexibility index (Phi) is 3.71. The maximum absolute atomic E-state index is 12.7. The van der Waals surface area contributed by atoms with Crippen LogP contribution in [0.25, 0.3) is 16.6 Å². The van der Waals surface area contributed by atoms with Crippen molar-refractivity contribution >= 4 is 22.6 Å². The Hall–Kier alpha value is -2.57. The van der Waals surface area contributed by atoms with E-state index in [0.29, 0.717) is 23.3 Å². The molecule has 3 heterocycles. The second-order valence-corrected chi connectivity index (χ2v) is 5.42. The molecule has 122 valence electrons. The third kappa shape index (κ3) is 2.32. The van der Waals surface area contributed by atoms with Crippen molar-refractivity contribution in [3.63, 3.8) is 0 Å². The molecule has 0 saturated heterocycles. The maximum Gasteiger partial charge on any atom is 0.330 e. The summed E-state index contributed by atoms with van der Waals surface area (Å²) >= 11 is 0. The number of furan rings is 1. The van der Waals surface area contributed by atoms with Crippen LogP contribution < -0.4 is 5.56 Å². The molecule has 7 nitrogen and oxygen atoms in total. The number of fused-ring (bicyclic) bond motifs is 3. The van der Waals surface area contributed by atoms with Gasteiger partial charge in [-0.3, -0.25) is 9.20 Å². The Morgan fingerprint density at radius 3 is 2.74 bits per heavy atom. The number of rotatable bonds is 4. The first-order valence-corrected chi connectivity index (χ1v) is 7.67. The van der Waals surface area contributed by atoms with Gasteiger partial charge in [0.15, 0.2) is 11.6 Å². The molecule has 0 saturated carbocycles. The Morgan fingerprint density at radius 2 is 2.09 bits per heavy atom. The van der Waals surface area contributed by atoms with Crippen LogP contribution in [-0.2, 0) is 16.0 Å². The Bertz CT molecular complexity index is 948. The number of aromatic nitrogens is 3. The summed E-state index contributed by atoms with van der Waals surface area (Å²) in [7, 11) is 0. The lowest BCUT2D eigenvalue weighted by atomic mass is 10.3. The summed E-state index contributed by atoms with van der Waals surface area (Å²) in [5.41, 5.74) is 1.56. The van der Waals surface area contributed by atoms with E-state index in [9.17, 15) is 9.59 Å². The summed E-state index contributed by atoms with van der Waals surface area (Å²) in [5, 5.41) is 4.38. The van der Waals surface area contributed by atoms with E-state index in [0.717, 1.165) is 11.3 Å².